The summed E-state index contributed by atoms with van der Waals surface area (Å²) in [7, 11) is -3.59. The highest BCUT2D eigenvalue weighted by molar-refractivity contribution is 7.92. The highest BCUT2D eigenvalue weighted by Crippen LogP contribution is 2.27. The van der Waals surface area contributed by atoms with Crippen molar-refractivity contribution in [3.05, 3.63) is 64.2 Å². The number of rotatable bonds is 11. The number of carbonyl (C=O) groups is 2. The lowest BCUT2D eigenvalue weighted by atomic mass is 9.95. The molecule has 1 aliphatic rings. The van der Waals surface area contributed by atoms with Crippen LogP contribution in [0.15, 0.2) is 42.5 Å². The van der Waals surface area contributed by atoms with Gasteiger partial charge in [0.1, 0.15) is 6.04 Å². The highest BCUT2D eigenvalue weighted by atomic mass is 35.5. The Hall–Kier alpha value is -2.58. The van der Waals surface area contributed by atoms with Gasteiger partial charge in [-0.2, -0.15) is 0 Å². The van der Waals surface area contributed by atoms with E-state index in [2.05, 4.69) is 5.32 Å². The van der Waals surface area contributed by atoms with Crippen LogP contribution in [0.3, 0.4) is 0 Å². The van der Waals surface area contributed by atoms with E-state index in [0.29, 0.717) is 23.7 Å². The van der Waals surface area contributed by atoms with Crippen LogP contribution in [0, 0.1) is 13.8 Å². The number of carbonyl (C=O) groups excluding carboxylic acids is 2. The van der Waals surface area contributed by atoms with Crippen molar-refractivity contribution in [3.8, 4) is 0 Å². The molecule has 0 aromatic heterocycles. The van der Waals surface area contributed by atoms with E-state index in [-0.39, 0.29) is 30.8 Å². The molecule has 9 heteroatoms. The van der Waals surface area contributed by atoms with Crippen molar-refractivity contribution >= 4 is 39.1 Å². The van der Waals surface area contributed by atoms with Gasteiger partial charge in [-0.15, -0.1) is 0 Å². The Labute approximate surface area is 232 Å². The first kappa shape index (κ1) is 30.0. The van der Waals surface area contributed by atoms with Crippen LogP contribution >= 0.6 is 11.6 Å². The second-order valence-electron chi connectivity index (χ2n) is 10.4. The van der Waals surface area contributed by atoms with Crippen molar-refractivity contribution in [2.45, 2.75) is 84.3 Å². The third-order valence-electron chi connectivity index (χ3n) is 7.18. The molecule has 2 aromatic rings. The molecule has 1 atom stereocenters. The van der Waals surface area contributed by atoms with E-state index in [1.54, 1.807) is 30.0 Å². The summed E-state index contributed by atoms with van der Waals surface area (Å²) in [6.45, 7) is 6.03. The number of nitrogens with one attached hydrogen (secondary N) is 1. The molecule has 1 N–H and O–H groups in total. The molecule has 3 rings (SSSR count). The number of hydrogen-bond acceptors (Lipinski definition) is 4. The Kier molecular flexibility index (Phi) is 10.6. The van der Waals surface area contributed by atoms with Gasteiger partial charge in [-0.1, -0.05) is 66.8 Å². The first-order valence-electron chi connectivity index (χ1n) is 13.3. The van der Waals surface area contributed by atoms with Gasteiger partial charge in [0.25, 0.3) is 0 Å². The SMILES string of the molecule is Cc1ccc(CN(C(=O)CCCN(c2cc(Cl)ccc2C)S(C)(=O)=O)[C@H](C)C(=O)NC2CCCCC2)cc1. The first-order chi connectivity index (χ1) is 18.0. The number of anilines is 1. The summed E-state index contributed by atoms with van der Waals surface area (Å²) in [5, 5.41) is 3.59. The minimum Gasteiger partial charge on any atom is -0.352 e. The van der Waals surface area contributed by atoms with Crippen LogP contribution in [0.4, 0.5) is 5.69 Å². The maximum absolute atomic E-state index is 13.5. The molecule has 0 saturated heterocycles. The van der Waals surface area contributed by atoms with Gasteiger partial charge in [0.05, 0.1) is 11.9 Å². The fourth-order valence-electron chi connectivity index (χ4n) is 4.88. The van der Waals surface area contributed by atoms with E-state index in [1.165, 1.54) is 10.7 Å². The topological polar surface area (TPSA) is 86.8 Å². The predicted octanol–water partition coefficient (Wildman–Crippen LogP) is 5.37. The summed E-state index contributed by atoms with van der Waals surface area (Å²) < 4.78 is 26.5. The lowest BCUT2D eigenvalue weighted by molar-refractivity contribution is -0.141. The average Bonchev–Trinajstić information content (AvgIpc) is 2.87. The molecule has 208 valence electrons. The van der Waals surface area contributed by atoms with Crippen molar-refractivity contribution in [1.82, 2.24) is 10.2 Å². The Morgan fingerprint density at radius 3 is 2.34 bits per heavy atom. The van der Waals surface area contributed by atoms with Crippen LogP contribution in [-0.2, 0) is 26.2 Å². The van der Waals surface area contributed by atoms with Crippen LogP contribution in [0.1, 0.15) is 68.6 Å². The Morgan fingerprint density at radius 2 is 1.71 bits per heavy atom. The molecule has 38 heavy (non-hydrogen) atoms. The number of nitrogens with zero attached hydrogens (tertiary/aromatic N) is 2. The number of benzene rings is 2. The van der Waals surface area contributed by atoms with Crippen LogP contribution in [0.25, 0.3) is 0 Å². The molecule has 0 radical (unpaired) electrons. The van der Waals surface area contributed by atoms with E-state index in [4.69, 9.17) is 11.6 Å². The van der Waals surface area contributed by atoms with Crippen molar-refractivity contribution in [1.29, 1.82) is 0 Å². The largest absolute Gasteiger partial charge is 0.352 e. The summed E-state index contributed by atoms with van der Waals surface area (Å²) in [4.78, 5) is 28.3. The molecule has 1 fully saturated rings. The molecule has 1 saturated carbocycles. The lowest BCUT2D eigenvalue weighted by Gasteiger charge is -2.31. The molecular formula is C29H40ClN3O4S. The fourth-order valence-corrected chi connectivity index (χ4v) is 6.06. The van der Waals surface area contributed by atoms with Crippen LogP contribution in [0.2, 0.25) is 5.02 Å². The molecule has 0 aliphatic heterocycles. The third-order valence-corrected chi connectivity index (χ3v) is 8.60. The zero-order valence-electron chi connectivity index (χ0n) is 22.9. The van der Waals surface area contributed by atoms with Crippen LogP contribution in [0.5, 0.6) is 0 Å². The maximum atomic E-state index is 13.5. The summed E-state index contributed by atoms with van der Waals surface area (Å²) in [5.41, 5.74) is 3.34. The summed E-state index contributed by atoms with van der Waals surface area (Å²) >= 11 is 6.14. The number of aryl methyl sites for hydroxylation is 2. The minimum absolute atomic E-state index is 0.110. The Bertz CT molecular complexity index is 1210. The second-order valence-corrected chi connectivity index (χ2v) is 12.7. The van der Waals surface area contributed by atoms with Gasteiger partial charge in [-0.3, -0.25) is 13.9 Å². The zero-order valence-corrected chi connectivity index (χ0v) is 24.4. The van der Waals surface area contributed by atoms with Crippen molar-refractivity contribution in [2.75, 3.05) is 17.1 Å². The van der Waals surface area contributed by atoms with Gasteiger partial charge in [0.15, 0.2) is 0 Å². The van der Waals surface area contributed by atoms with E-state index < -0.39 is 16.1 Å². The maximum Gasteiger partial charge on any atom is 0.242 e. The van der Waals surface area contributed by atoms with Gasteiger partial charge in [-0.25, -0.2) is 8.42 Å². The zero-order chi connectivity index (χ0) is 27.9. The third kappa shape index (κ3) is 8.46. The van der Waals surface area contributed by atoms with Crippen molar-refractivity contribution in [3.63, 3.8) is 0 Å². The molecule has 2 amide bonds. The van der Waals surface area contributed by atoms with Gasteiger partial charge < -0.3 is 10.2 Å². The molecule has 2 aromatic carbocycles. The van der Waals surface area contributed by atoms with Gasteiger partial charge in [0, 0.05) is 30.6 Å². The molecule has 0 unspecified atom stereocenters. The number of hydrogen-bond donors (Lipinski definition) is 1. The number of sulfonamides is 1. The van der Waals surface area contributed by atoms with E-state index in [0.717, 1.165) is 48.6 Å². The molecule has 0 bridgehead atoms. The van der Waals surface area contributed by atoms with E-state index in [1.807, 2.05) is 38.1 Å². The van der Waals surface area contributed by atoms with E-state index in [9.17, 15) is 18.0 Å². The molecule has 0 spiro atoms. The van der Waals surface area contributed by atoms with E-state index >= 15 is 0 Å². The van der Waals surface area contributed by atoms with Gasteiger partial charge >= 0.3 is 0 Å². The smallest absolute Gasteiger partial charge is 0.242 e. The highest BCUT2D eigenvalue weighted by Gasteiger charge is 2.28. The molecule has 0 heterocycles. The first-order valence-corrected chi connectivity index (χ1v) is 15.6. The standard InChI is InChI=1S/C29H40ClN3O4S/c1-21-12-15-24(16-13-21)20-32(23(3)29(35)31-26-9-6-5-7-10-26)28(34)11-8-18-33(38(4,36)37)27-19-25(30)17-14-22(27)2/h12-17,19,23,26H,5-11,18,20H2,1-4H3,(H,31,35)/t23-/m1/s1. The summed E-state index contributed by atoms with van der Waals surface area (Å²) in [6.07, 6.45) is 6.90. The van der Waals surface area contributed by atoms with Crippen LogP contribution in [-0.4, -0.2) is 50.0 Å². The molecule has 7 nitrogen and oxygen atoms in total. The minimum atomic E-state index is -3.59. The normalized spacial score (nSPS) is 15.1. The van der Waals surface area contributed by atoms with Crippen LogP contribution < -0.4 is 9.62 Å². The Morgan fingerprint density at radius 1 is 1.05 bits per heavy atom. The lowest BCUT2D eigenvalue weighted by Crippen LogP contribution is -2.50. The van der Waals surface area contributed by atoms with Crippen molar-refractivity contribution < 1.29 is 18.0 Å². The summed E-state index contributed by atoms with van der Waals surface area (Å²) in [5.74, 6) is -0.335. The quantitative estimate of drug-likeness (QED) is 0.399. The number of halogens is 1. The number of amides is 2. The predicted molar refractivity (Wildman–Crippen MR) is 154 cm³/mol. The van der Waals surface area contributed by atoms with Gasteiger partial charge in [-0.05, 0) is 63.3 Å². The molecular weight excluding hydrogens is 522 g/mol. The molecule has 1 aliphatic carbocycles. The monoisotopic (exact) mass is 561 g/mol. The average molecular weight is 562 g/mol. The van der Waals surface area contributed by atoms with Crippen molar-refractivity contribution in [2.24, 2.45) is 0 Å². The second kappa shape index (κ2) is 13.5. The Balaban J connectivity index is 1.73. The van der Waals surface area contributed by atoms with Gasteiger partial charge in [0.2, 0.25) is 21.8 Å². The fraction of sp³-hybridized carbons (Fsp3) is 0.517. The summed E-state index contributed by atoms with van der Waals surface area (Å²) in [6, 6.07) is 12.5.